The molecule has 1 N–H and O–H groups in total. The van der Waals surface area contributed by atoms with Crippen molar-refractivity contribution in [2.24, 2.45) is 0 Å². The Bertz CT molecular complexity index is 1160. The van der Waals surface area contributed by atoms with Gasteiger partial charge in [-0.1, -0.05) is 35.9 Å². The largest absolute Gasteiger partial charge is 0.495 e. The molecular weight excluding hydrogens is 374 g/mol. The molecule has 4 aromatic rings. The van der Waals surface area contributed by atoms with Gasteiger partial charge in [-0.05, 0) is 50.1 Å². The molecule has 0 amide bonds. The fraction of sp³-hybridized carbons (Fsp3) is 0.208. The van der Waals surface area contributed by atoms with Gasteiger partial charge in [-0.3, -0.25) is 0 Å². The summed E-state index contributed by atoms with van der Waals surface area (Å²) in [5.41, 5.74) is 7.15. The van der Waals surface area contributed by atoms with Crippen molar-refractivity contribution in [3.63, 3.8) is 0 Å². The molecule has 0 bridgehead atoms. The number of anilines is 1. The molecule has 0 radical (unpaired) electrons. The van der Waals surface area contributed by atoms with E-state index >= 15 is 0 Å². The van der Waals surface area contributed by atoms with Crippen molar-refractivity contribution in [2.75, 3.05) is 12.4 Å². The van der Waals surface area contributed by atoms with Crippen LogP contribution in [0.15, 0.2) is 61.1 Å². The van der Waals surface area contributed by atoms with Gasteiger partial charge in [0.2, 0.25) is 0 Å². The summed E-state index contributed by atoms with van der Waals surface area (Å²) in [5.74, 6) is 1.54. The Hall–Kier alpha value is -3.67. The predicted molar refractivity (Wildman–Crippen MR) is 119 cm³/mol. The quantitative estimate of drug-likeness (QED) is 0.501. The van der Waals surface area contributed by atoms with E-state index in [1.54, 1.807) is 13.4 Å². The lowest BCUT2D eigenvalue weighted by Gasteiger charge is -2.12. The molecule has 0 fully saturated rings. The Morgan fingerprint density at radius 2 is 1.77 bits per heavy atom. The highest BCUT2D eigenvalue weighted by Crippen LogP contribution is 2.30. The molecular formula is C24H25N5O. The fourth-order valence-electron chi connectivity index (χ4n) is 3.30. The van der Waals surface area contributed by atoms with Gasteiger partial charge in [-0.2, -0.15) is 0 Å². The van der Waals surface area contributed by atoms with Gasteiger partial charge in [0.05, 0.1) is 30.5 Å². The average molecular weight is 399 g/mol. The second-order valence-corrected chi connectivity index (χ2v) is 7.41. The van der Waals surface area contributed by atoms with Crippen LogP contribution in [0, 0.1) is 20.8 Å². The van der Waals surface area contributed by atoms with Gasteiger partial charge in [-0.25, -0.2) is 4.98 Å². The van der Waals surface area contributed by atoms with E-state index in [0.29, 0.717) is 6.54 Å². The van der Waals surface area contributed by atoms with E-state index in [-0.39, 0.29) is 0 Å². The second-order valence-electron chi connectivity index (χ2n) is 7.41. The highest BCUT2D eigenvalue weighted by Gasteiger charge is 2.11. The summed E-state index contributed by atoms with van der Waals surface area (Å²) in [7, 11) is 1.67. The highest BCUT2D eigenvalue weighted by atomic mass is 16.5. The highest BCUT2D eigenvalue weighted by molar-refractivity contribution is 5.66. The lowest BCUT2D eigenvalue weighted by molar-refractivity contribution is 0.413. The number of nitrogens with zero attached hydrogens (tertiary/aromatic N) is 4. The van der Waals surface area contributed by atoms with Gasteiger partial charge in [0, 0.05) is 18.3 Å². The maximum atomic E-state index is 5.61. The molecule has 2 aromatic heterocycles. The zero-order chi connectivity index (χ0) is 21.1. The van der Waals surface area contributed by atoms with Gasteiger partial charge in [-0.15, -0.1) is 10.2 Å². The van der Waals surface area contributed by atoms with Gasteiger partial charge in [0.25, 0.3) is 0 Å². The molecule has 0 spiro atoms. The van der Waals surface area contributed by atoms with Crippen molar-refractivity contribution >= 4 is 5.82 Å². The van der Waals surface area contributed by atoms with Crippen LogP contribution in [0.2, 0.25) is 0 Å². The molecule has 0 unspecified atom stereocenters. The van der Waals surface area contributed by atoms with E-state index in [9.17, 15) is 0 Å². The van der Waals surface area contributed by atoms with Crippen molar-refractivity contribution in [1.29, 1.82) is 0 Å². The number of rotatable bonds is 6. The summed E-state index contributed by atoms with van der Waals surface area (Å²) in [6.45, 7) is 6.80. The summed E-state index contributed by atoms with van der Waals surface area (Å²) in [6, 6.07) is 16.5. The standard InChI is InChI=1S/C24H25N5O/c1-16-5-7-19(8-6-16)13-25-24-17(2)11-21(27-28-24)20-9-10-22(23(12-20)30-4)29-14-18(3)26-15-29/h5-12,14-15H,13H2,1-4H3,(H,25,28). The van der Waals surface area contributed by atoms with Gasteiger partial charge >= 0.3 is 0 Å². The Kier molecular flexibility index (Phi) is 5.48. The van der Waals surface area contributed by atoms with Crippen LogP contribution in [0.3, 0.4) is 0 Å². The Labute approximate surface area is 176 Å². The number of nitrogens with one attached hydrogen (secondary N) is 1. The topological polar surface area (TPSA) is 64.9 Å². The van der Waals surface area contributed by atoms with Crippen molar-refractivity contribution in [3.8, 4) is 22.7 Å². The third kappa shape index (κ3) is 4.17. The lowest BCUT2D eigenvalue weighted by Crippen LogP contribution is -2.05. The Balaban J connectivity index is 1.55. The van der Waals surface area contributed by atoms with E-state index in [0.717, 1.165) is 39.8 Å². The van der Waals surface area contributed by atoms with Crippen LogP contribution in [0.4, 0.5) is 5.82 Å². The molecule has 0 aliphatic carbocycles. The van der Waals surface area contributed by atoms with E-state index < -0.39 is 0 Å². The first-order valence-electron chi connectivity index (χ1n) is 9.86. The average Bonchev–Trinajstić information content (AvgIpc) is 3.19. The zero-order valence-corrected chi connectivity index (χ0v) is 17.7. The summed E-state index contributed by atoms with van der Waals surface area (Å²) in [4.78, 5) is 4.29. The predicted octanol–water partition coefficient (Wildman–Crippen LogP) is 4.88. The SMILES string of the molecule is COc1cc(-c2cc(C)c(NCc3ccc(C)cc3)nn2)ccc1-n1cnc(C)c1. The molecule has 0 atom stereocenters. The number of hydrogen-bond donors (Lipinski definition) is 1. The number of imidazole rings is 1. The van der Waals surface area contributed by atoms with Crippen LogP contribution in [0.1, 0.15) is 22.4 Å². The van der Waals surface area contributed by atoms with E-state index in [1.165, 1.54) is 11.1 Å². The molecule has 152 valence electrons. The monoisotopic (exact) mass is 399 g/mol. The molecule has 4 rings (SSSR count). The third-order valence-corrected chi connectivity index (χ3v) is 5.03. The van der Waals surface area contributed by atoms with Crippen LogP contribution in [-0.2, 0) is 6.54 Å². The van der Waals surface area contributed by atoms with Gasteiger partial charge in [0.1, 0.15) is 5.75 Å². The van der Waals surface area contributed by atoms with Gasteiger partial charge in [0.15, 0.2) is 5.82 Å². The van der Waals surface area contributed by atoms with Crippen LogP contribution in [0.5, 0.6) is 5.75 Å². The van der Waals surface area contributed by atoms with E-state index in [1.807, 2.05) is 48.9 Å². The second kappa shape index (κ2) is 8.37. The first-order valence-corrected chi connectivity index (χ1v) is 9.86. The Morgan fingerprint density at radius 1 is 0.967 bits per heavy atom. The Morgan fingerprint density at radius 3 is 2.43 bits per heavy atom. The van der Waals surface area contributed by atoms with Crippen molar-refractivity contribution in [2.45, 2.75) is 27.3 Å². The number of methoxy groups -OCH3 is 1. The summed E-state index contributed by atoms with van der Waals surface area (Å²) < 4.78 is 7.56. The minimum Gasteiger partial charge on any atom is -0.495 e. The van der Waals surface area contributed by atoms with Crippen molar-refractivity contribution in [1.82, 2.24) is 19.7 Å². The number of ether oxygens (including phenoxy) is 1. The number of aromatic nitrogens is 4. The van der Waals surface area contributed by atoms with Gasteiger partial charge < -0.3 is 14.6 Å². The zero-order valence-electron chi connectivity index (χ0n) is 17.7. The molecule has 0 saturated carbocycles. The third-order valence-electron chi connectivity index (χ3n) is 5.03. The summed E-state index contributed by atoms with van der Waals surface area (Å²) >= 11 is 0. The molecule has 0 aliphatic heterocycles. The normalized spacial score (nSPS) is 10.8. The van der Waals surface area contributed by atoms with E-state index in [4.69, 9.17) is 4.74 Å². The van der Waals surface area contributed by atoms with E-state index in [2.05, 4.69) is 51.7 Å². The van der Waals surface area contributed by atoms with Crippen LogP contribution >= 0.6 is 0 Å². The number of benzene rings is 2. The lowest BCUT2D eigenvalue weighted by atomic mass is 10.1. The summed E-state index contributed by atoms with van der Waals surface area (Å²) in [6.07, 6.45) is 3.75. The van der Waals surface area contributed by atoms with Crippen molar-refractivity contribution < 1.29 is 4.74 Å². The van der Waals surface area contributed by atoms with Crippen LogP contribution in [0.25, 0.3) is 16.9 Å². The molecule has 6 heteroatoms. The molecule has 6 nitrogen and oxygen atoms in total. The molecule has 2 aromatic carbocycles. The minimum absolute atomic E-state index is 0.710. The number of hydrogen-bond acceptors (Lipinski definition) is 5. The molecule has 0 saturated heterocycles. The maximum absolute atomic E-state index is 5.61. The number of aryl methyl sites for hydroxylation is 3. The minimum atomic E-state index is 0.710. The maximum Gasteiger partial charge on any atom is 0.151 e. The van der Waals surface area contributed by atoms with Crippen molar-refractivity contribution in [3.05, 3.63) is 83.4 Å². The summed E-state index contributed by atoms with van der Waals surface area (Å²) in [5, 5.41) is 12.2. The first-order chi connectivity index (χ1) is 14.5. The van der Waals surface area contributed by atoms with Crippen LogP contribution < -0.4 is 10.1 Å². The molecule has 2 heterocycles. The van der Waals surface area contributed by atoms with Crippen LogP contribution in [-0.4, -0.2) is 26.9 Å². The first kappa shape index (κ1) is 19.6. The molecule has 0 aliphatic rings. The fourth-order valence-corrected chi connectivity index (χ4v) is 3.30. The molecule has 30 heavy (non-hydrogen) atoms. The smallest absolute Gasteiger partial charge is 0.151 e.